The molecule has 0 spiro atoms. The van der Waals surface area contributed by atoms with Gasteiger partial charge in [-0.3, -0.25) is 19.3 Å². The van der Waals surface area contributed by atoms with Crippen LogP contribution in [-0.2, 0) is 25.5 Å². The third kappa shape index (κ3) is 3.88. The highest BCUT2D eigenvalue weighted by Gasteiger charge is 2.45. The number of para-hydroxylation sites is 2. The number of esters is 1. The number of amides is 2. The Bertz CT molecular complexity index is 861. The van der Waals surface area contributed by atoms with Gasteiger partial charge in [-0.1, -0.05) is 18.2 Å². The van der Waals surface area contributed by atoms with Gasteiger partial charge in [-0.15, -0.1) is 11.3 Å². The third-order valence-corrected chi connectivity index (χ3v) is 5.48. The first-order valence-corrected chi connectivity index (χ1v) is 9.65. The number of hydrogen-bond donors (Lipinski definition) is 1. The van der Waals surface area contributed by atoms with E-state index in [9.17, 15) is 14.4 Å². The predicted molar refractivity (Wildman–Crippen MR) is 105 cm³/mol. The fourth-order valence-electron chi connectivity index (χ4n) is 3.01. The quantitative estimate of drug-likeness (QED) is 0.800. The fraction of sp³-hybridized carbons (Fsp3) is 0.350. The first kappa shape index (κ1) is 19.1. The first-order valence-electron chi connectivity index (χ1n) is 8.77. The lowest BCUT2D eigenvalue weighted by atomic mass is 9.95. The van der Waals surface area contributed by atoms with Crippen molar-refractivity contribution in [2.45, 2.75) is 45.3 Å². The standard InChI is InChI=1S/C20H22N2O4S/c1-13(26-17(23)11-10-14-7-6-12-27-14)18(24)22-16-9-5-4-8-15(16)21-19(25)20(22,2)3/h4-9,12-13H,10-11H2,1-3H3,(H,21,25)/t13-/m0/s1. The van der Waals surface area contributed by atoms with E-state index in [4.69, 9.17) is 4.74 Å². The van der Waals surface area contributed by atoms with Crippen LogP contribution in [0.4, 0.5) is 11.4 Å². The van der Waals surface area contributed by atoms with Crippen LogP contribution in [0.25, 0.3) is 0 Å². The summed E-state index contributed by atoms with van der Waals surface area (Å²) in [5.74, 6) is -1.14. The molecule has 142 valence electrons. The van der Waals surface area contributed by atoms with E-state index in [1.54, 1.807) is 49.4 Å². The zero-order chi connectivity index (χ0) is 19.6. The number of fused-ring (bicyclic) bond motifs is 1. The molecule has 1 atom stereocenters. The minimum atomic E-state index is -1.09. The van der Waals surface area contributed by atoms with Crippen molar-refractivity contribution in [2.24, 2.45) is 0 Å². The average Bonchev–Trinajstić information content (AvgIpc) is 3.14. The maximum absolute atomic E-state index is 13.1. The SMILES string of the molecule is C[C@H](OC(=O)CCc1cccs1)C(=O)N1c2ccccc2NC(=O)C1(C)C. The fourth-order valence-corrected chi connectivity index (χ4v) is 3.72. The molecule has 0 aliphatic carbocycles. The Hall–Kier alpha value is -2.67. The number of aryl methyl sites for hydroxylation is 1. The molecule has 0 fully saturated rings. The Morgan fingerprint density at radius 2 is 1.96 bits per heavy atom. The van der Waals surface area contributed by atoms with Crippen LogP contribution in [0.5, 0.6) is 0 Å². The maximum atomic E-state index is 13.1. The number of thiophene rings is 1. The van der Waals surface area contributed by atoms with Crippen molar-refractivity contribution >= 4 is 40.5 Å². The summed E-state index contributed by atoms with van der Waals surface area (Å²) in [6.07, 6.45) is -0.199. The summed E-state index contributed by atoms with van der Waals surface area (Å²) in [6.45, 7) is 4.87. The minimum Gasteiger partial charge on any atom is -0.453 e. The average molecular weight is 386 g/mol. The molecule has 3 rings (SSSR count). The Kier molecular flexibility index (Phi) is 5.32. The van der Waals surface area contributed by atoms with Gasteiger partial charge >= 0.3 is 5.97 Å². The van der Waals surface area contributed by atoms with Gasteiger partial charge in [-0.05, 0) is 50.8 Å². The molecule has 1 aromatic heterocycles. The second-order valence-corrected chi connectivity index (χ2v) is 7.95. The van der Waals surface area contributed by atoms with Crippen LogP contribution < -0.4 is 10.2 Å². The maximum Gasteiger partial charge on any atom is 0.306 e. The molecule has 0 saturated carbocycles. The minimum absolute atomic E-state index is 0.207. The Morgan fingerprint density at radius 3 is 2.67 bits per heavy atom. The summed E-state index contributed by atoms with van der Waals surface area (Å²) in [4.78, 5) is 40.2. The first-order chi connectivity index (χ1) is 12.8. The molecule has 0 radical (unpaired) electrons. The van der Waals surface area contributed by atoms with E-state index in [1.165, 1.54) is 11.8 Å². The van der Waals surface area contributed by atoms with Gasteiger partial charge in [0.15, 0.2) is 6.10 Å². The van der Waals surface area contributed by atoms with Gasteiger partial charge in [-0.2, -0.15) is 0 Å². The van der Waals surface area contributed by atoms with Crippen LogP contribution in [-0.4, -0.2) is 29.4 Å². The summed E-state index contributed by atoms with van der Waals surface area (Å²) in [6, 6.07) is 11.0. The topological polar surface area (TPSA) is 75.7 Å². The molecule has 1 aromatic carbocycles. The molecule has 7 heteroatoms. The van der Waals surface area contributed by atoms with Crippen molar-refractivity contribution < 1.29 is 19.1 Å². The van der Waals surface area contributed by atoms with Gasteiger partial charge in [0, 0.05) is 4.88 Å². The van der Waals surface area contributed by atoms with Gasteiger partial charge in [0.25, 0.3) is 5.91 Å². The molecule has 1 N–H and O–H groups in total. The third-order valence-electron chi connectivity index (χ3n) is 4.54. The largest absolute Gasteiger partial charge is 0.453 e. The molecule has 1 aliphatic rings. The van der Waals surface area contributed by atoms with Crippen molar-refractivity contribution in [1.29, 1.82) is 0 Å². The van der Waals surface area contributed by atoms with E-state index in [0.717, 1.165) is 4.88 Å². The number of nitrogens with one attached hydrogen (secondary N) is 1. The monoisotopic (exact) mass is 386 g/mol. The highest BCUT2D eigenvalue weighted by atomic mass is 32.1. The van der Waals surface area contributed by atoms with Crippen LogP contribution in [0.3, 0.4) is 0 Å². The van der Waals surface area contributed by atoms with Crippen LogP contribution >= 0.6 is 11.3 Å². The molecule has 1 aliphatic heterocycles. The lowest BCUT2D eigenvalue weighted by Gasteiger charge is -2.42. The van der Waals surface area contributed by atoms with E-state index in [2.05, 4.69) is 5.32 Å². The number of ether oxygens (including phenoxy) is 1. The van der Waals surface area contributed by atoms with Gasteiger partial charge in [0.05, 0.1) is 17.8 Å². The number of rotatable bonds is 5. The highest BCUT2D eigenvalue weighted by Crippen LogP contribution is 2.37. The van der Waals surface area contributed by atoms with Gasteiger partial charge in [0.1, 0.15) is 5.54 Å². The van der Waals surface area contributed by atoms with E-state index < -0.39 is 23.5 Å². The van der Waals surface area contributed by atoms with Crippen molar-refractivity contribution in [1.82, 2.24) is 0 Å². The molecule has 27 heavy (non-hydrogen) atoms. The second kappa shape index (κ2) is 7.52. The van der Waals surface area contributed by atoms with E-state index >= 15 is 0 Å². The van der Waals surface area contributed by atoms with Crippen molar-refractivity contribution in [3.8, 4) is 0 Å². The van der Waals surface area contributed by atoms with Crippen LogP contribution in [0.1, 0.15) is 32.1 Å². The molecule has 2 aromatic rings. The number of anilines is 2. The van der Waals surface area contributed by atoms with E-state index in [1.807, 2.05) is 17.5 Å². The van der Waals surface area contributed by atoms with E-state index in [-0.39, 0.29) is 12.3 Å². The summed E-state index contributed by atoms with van der Waals surface area (Å²) in [5, 5.41) is 4.76. The molecule has 6 nitrogen and oxygen atoms in total. The van der Waals surface area contributed by atoms with Crippen LogP contribution in [0.15, 0.2) is 41.8 Å². The molecule has 2 amide bonds. The second-order valence-electron chi connectivity index (χ2n) is 6.92. The summed E-state index contributed by atoms with van der Waals surface area (Å²) in [7, 11) is 0. The number of carbonyl (C=O) groups is 3. The van der Waals surface area contributed by atoms with E-state index in [0.29, 0.717) is 17.8 Å². The Labute approximate surface area is 162 Å². The normalized spacial score (nSPS) is 16.3. The lowest BCUT2D eigenvalue weighted by molar-refractivity contribution is -0.154. The summed E-state index contributed by atoms with van der Waals surface area (Å²) in [5.41, 5.74) is 0.0586. The van der Waals surface area contributed by atoms with Crippen molar-refractivity contribution in [3.63, 3.8) is 0 Å². The number of nitrogens with zero attached hydrogens (tertiary/aromatic N) is 1. The highest BCUT2D eigenvalue weighted by molar-refractivity contribution is 7.09. The number of benzene rings is 1. The molecular weight excluding hydrogens is 364 g/mol. The zero-order valence-corrected chi connectivity index (χ0v) is 16.3. The molecular formula is C20H22N2O4S. The number of hydrogen-bond acceptors (Lipinski definition) is 5. The predicted octanol–water partition coefficient (Wildman–Crippen LogP) is 3.38. The lowest BCUT2D eigenvalue weighted by Crippen LogP contribution is -2.60. The Morgan fingerprint density at radius 1 is 1.22 bits per heavy atom. The summed E-state index contributed by atoms with van der Waals surface area (Å²) < 4.78 is 5.35. The smallest absolute Gasteiger partial charge is 0.306 e. The molecule has 0 bridgehead atoms. The summed E-state index contributed by atoms with van der Waals surface area (Å²) >= 11 is 1.58. The van der Waals surface area contributed by atoms with Crippen molar-refractivity contribution in [3.05, 3.63) is 46.7 Å². The molecule has 0 saturated heterocycles. The zero-order valence-electron chi connectivity index (χ0n) is 15.5. The van der Waals surface area contributed by atoms with Gasteiger partial charge in [0.2, 0.25) is 5.91 Å². The Balaban J connectivity index is 1.73. The number of carbonyl (C=O) groups excluding carboxylic acids is 3. The molecule has 0 unspecified atom stereocenters. The van der Waals surface area contributed by atoms with Gasteiger partial charge < -0.3 is 10.1 Å². The molecule has 2 heterocycles. The van der Waals surface area contributed by atoms with Gasteiger partial charge in [-0.25, -0.2) is 0 Å². The van der Waals surface area contributed by atoms with Crippen LogP contribution in [0.2, 0.25) is 0 Å². The van der Waals surface area contributed by atoms with Crippen LogP contribution in [0, 0.1) is 0 Å². The van der Waals surface area contributed by atoms with Crippen molar-refractivity contribution in [2.75, 3.05) is 10.2 Å².